The van der Waals surface area contributed by atoms with Gasteiger partial charge >= 0.3 is 0 Å². The fourth-order valence-electron chi connectivity index (χ4n) is 4.27. The zero-order chi connectivity index (χ0) is 19.4. The molecule has 1 unspecified atom stereocenters. The Kier molecular flexibility index (Phi) is 3.43. The van der Waals surface area contributed by atoms with Crippen LogP contribution >= 0.6 is 0 Å². The van der Waals surface area contributed by atoms with Gasteiger partial charge in [-0.15, -0.1) is 10.2 Å². The van der Waals surface area contributed by atoms with Gasteiger partial charge in [-0.2, -0.15) is 0 Å². The Morgan fingerprint density at radius 2 is 1.79 bits per heavy atom. The summed E-state index contributed by atoms with van der Waals surface area (Å²) in [6, 6.07) is 18.3. The molecule has 0 saturated heterocycles. The molecule has 2 aliphatic rings. The van der Waals surface area contributed by atoms with E-state index in [-0.39, 0.29) is 6.04 Å². The van der Waals surface area contributed by atoms with E-state index in [2.05, 4.69) is 43.4 Å². The summed E-state index contributed by atoms with van der Waals surface area (Å²) in [6.45, 7) is 3.55. The lowest BCUT2D eigenvalue weighted by Gasteiger charge is -2.17. The van der Waals surface area contributed by atoms with Gasteiger partial charge in [-0.3, -0.25) is 9.56 Å². The van der Waals surface area contributed by atoms with Crippen LogP contribution < -0.4 is 5.32 Å². The average Bonchev–Trinajstić information content (AvgIpc) is 3.52. The Balaban J connectivity index is 1.60. The molecule has 6 rings (SSSR count). The maximum absolute atomic E-state index is 5.59. The van der Waals surface area contributed by atoms with Crippen LogP contribution in [0.2, 0.25) is 0 Å². The van der Waals surface area contributed by atoms with Crippen LogP contribution in [-0.2, 0) is 0 Å². The maximum Gasteiger partial charge on any atom is 0.171 e. The average molecular weight is 382 g/mol. The zero-order valence-electron chi connectivity index (χ0n) is 15.8. The molecule has 4 aromatic rings. The van der Waals surface area contributed by atoms with Crippen molar-refractivity contribution in [1.82, 2.24) is 25.2 Å². The molecule has 29 heavy (non-hydrogen) atoms. The van der Waals surface area contributed by atoms with Crippen LogP contribution in [0.15, 0.2) is 64.1 Å². The van der Waals surface area contributed by atoms with Gasteiger partial charge < -0.3 is 9.84 Å². The highest BCUT2D eigenvalue weighted by atomic mass is 16.5. The molecular formula is C22H18N6O. The molecule has 0 spiro atoms. The summed E-state index contributed by atoms with van der Waals surface area (Å²) in [5, 5.41) is 16.9. The van der Waals surface area contributed by atoms with E-state index in [1.165, 1.54) is 5.56 Å². The van der Waals surface area contributed by atoms with Gasteiger partial charge in [-0.05, 0) is 12.5 Å². The molecule has 0 radical (unpaired) electrons. The summed E-state index contributed by atoms with van der Waals surface area (Å²) in [5.74, 6) is 3.26. The highest BCUT2D eigenvalue weighted by molar-refractivity contribution is 5.95. The van der Waals surface area contributed by atoms with Crippen LogP contribution in [0.3, 0.4) is 0 Å². The minimum atomic E-state index is -0.0772. The normalized spacial score (nSPS) is 17.0. The third-order valence-electron chi connectivity index (χ3n) is 5.54. The lowest BCUT2D eigenvalue weighted by atomic mass is 10.0. The molecule has 0 bridgehead atoms. The minimum absolute atomic E-state index is 0.0772. The van der Waals surface area contributed by atoms with Crippen molar-refractivity contribution in [3.63, 3.8) is 0 Å². The minimum Gasteiger partial charge on any atom is -0.370 e. The smallest absolute Gasteiger partial charge is 0.171 e. The second-order valence-electron chi connectivity index (χ2n) is 7.23. The molecule has 0 amide bonds. The number of benzene rings is 2. The van der Waals surface area contributed by atoms with Gasteiger partial charge in [0.05, 0.1) is 12.1 Å². The van der Waals surface area contributed by atoms with Crippen LogP contribution in [0.4, 0.5) is 0 Å². The number of hydrogen-bond acceptors (Lipinski definition) is 6. The van der Waals surface area contributed by atoms with Gasteiger partial charge in [-0.1, -0.05) is 59.8 Å². The Labute approximate surface area is 167 Å². The molecule has 7 heteroatoms. The molecule has 0 saturated carbocycles. The van der Waals surface area contributed by atoms with Crippen molar-refractivity contribution in [2.24, 2.45) is 4.99 Å². The number of hydrogen-bond donors (Lipinski definition) is 1. The van der Waals surface area contributed by atoms with Gasteiger partial charge in [0.25, 0.3) is 0 Å². The van der Waals surface area contributed by atoms with E-state index < -0.39 is 0 Å². The van der Waals surface area contributed by atoms with Crippen molar-refractivity contribution in [3.8, 4) is 34.0 Å². The Hall–Kier alpha value is -3.74. The Bertz CT molecular complexity index is 1250. The maximum atomic E-state index is 5.59. The van der Waals surface area contributed by atoms with Gasteiger partial charge in [-0.25, -0.2) is 0 Å². The molecule has 0 aliphatic carbocycles. The third kappa shape index (κ3) is 2.30. The van der Waals surface area contributed by atoms with Crippen molar-refractivity contribution in [2.75, 3.05) is 13.1 Å². The molecular weight excluding hydrogens is 364 g/mol. The molecule has 2 aromatic carbocycles. The van der Waals surface area contributed by atoms with E-state index in [4.69, 9.17) is 9.52 Å². The van der Waals surface area contributed by atoms with E-state index in [9.17, 15) is 0 Å². The number of rotatable bonds is 3. The van der Waals surface area contributed by atoms with E-state index >= 15 is 0 Å². The van der Waals surface area contributed by atoms with Gasteiger partial charge in [0.15, 0.2) is 11.6 Å². The third-order valence-corrected chi connectivity index (χ3v) is 5.54. The van der Waals surface area contributed by atoms with Gasteiger partial charge in [0, 0.05) is 17.7 Å². The van der Waals surface area contributed by atoms with Gasteiger partial charge in [0.1, 0.15) is 23.3 Å². The Morgan fingerprint density at radius 1 is 1.00 bits per heavy atom. The SMILES string of the molecule is Cc1onc(-c2ccccc2)c1-c1nnc2n1C(C1=NCCN1)c1ccccc1-2. The standard InChI is InChI=1S/C22H18N6O/c1-13-17(18(27-29-13)14-7-3-2-4-8-14)22-26-25-21-16-10-6-5-9-15(16)19(28(21)22)20-23-11-12-24-20/h2-10,19H,11-12H2,1H3,(H,23,24). The summed E-state index contributed by atoms with van der Waals surface area (Å²) >= 11 is 0. The lowest BCUT2D eigenvalue weighted by molar-refractivity contribution is 0.400. The van der Waals surface area contributed by atoms with E-state index in [1.54, 1.807) is 0 Å². The fourth-order valence-corrected chi connectivity index (χ4v) is 4.27. The number of aliphatic imine (C=N–C) groups is 1. The monoisotopic (exact) mass is 382 g/mol. The number of aryl methyl sites for hydroxylation is 1. The molecule has 1 atom stereocenters. The summed E-state index contributed by atoms with van der Waals surface area (Å²) in [6.07, 6.45) is 0. The topological polar surface area (TPSA) is 81.1 Å². The molecule has 4 heterocycles. The van der Waals surface area contributed by atoms with Crippen molar-refractivity contribution in [3.05, 3.63) is 65.9 Å². The van der Waals surface area contributed by atoms with Crippen LogP contribution in [0.1, 0.15) is 17.4 Å². The van der Waals surface area contributed by atoms with Crippen LogP contribution in [-0.4, -0.2) is 38.8 Å². The number of nitrogens with one attached hydrogen (secondary N) is 1. The van der Waals surface area contributed by atoms with Crippen LogP contribution in [0.25, 0.3) is 34.0 Å². The highest BCUT2D eigenvalue weighted by Crippen LogP contribution is 2.44. The first kappa shape index (κ1) is 16.2. The molecule has 2 aliphatic heterocycles. The predicted molar refractivity (Wildman–Crippen MR) is 110 cm³/mol. The first-order valence-corrected chi connectivity index (χ1v) is 9.67. The van der Waals surface area contributed by atoms with Gasteiger partial charge in [0.2, 0.25) is 0 Å². The van der Waals surface area contributed by atoms with Crippen molar-refractivity contribution in [2.45, 2.75) is 13.0 Å². The largest absolute Gasteiger partial charge is 0.370 e. The van der Waals surface area contributed by atoms with Crippen molar-refractivity contribution >= 4 is 5.84 Å². The molecule has 1 N–H and O–H groups in total. The number of aromatic nitrogens is 4. The number of nitrogens with zero attached hydrogens (tertiary/aromatic N) is 5. The summed E-state index contributed by atoms with van der Waals surface area (Å²) in [5.41, 5.74) is 4.89. The summed E-state index contributed by atoms with van der Waals surface area (Å²) < 4.78 is 7.76. The van der Waals surface area contributed by atoms with E-state index in [0.717, 1.165) is 58.7 Å². The molecule has 0 fully saturated rings. The lowest BCUT2D eigenvalue weighted by Crippen LogP contribution is -2.29. The zero-order valence-corrected chi connectivity index (χ0v) is 15.8. The van der Waals surface area contributed by atoms with Crippen LogP contribution in [0, 0.1) is 6.92 Å². The Morgan fingerprint density at radius 3 is 2.62 bits per heavy atom. The van der Waals surface area contributed by atoms with E-state index in [0.29, 0.717) is 0 Å². The number of fused-ring (bicyclic) bond motifs is 3. The second-order valence-corrected chi connectivity index (χ2v) is 7.23. The predicted octanol–water partition coefficient (Wildman–Crippen LogP) is 3.48. The fraction of sp³-hybridized carbons (Fsp3) is 0.182. The quantitative estimate of drug-likeness (QED) is 0.587. The van der Waals surface area contributed by atoms with Crippen LogP contribution in [0.5, 0.6) is 0 Å². The van der Waals surface area contributed by atoms with E-state index in [1.807, 2.05) is 43.3 Å². The summed E-state index contributed by atoms with van der Waals surface area (Å²) in [7, 11) is 0. The molecule has 2 aromatic heterocycles. The highest BCUT2D eigenvalue weighted by Gasteiger charge is 2.38. The van der Waals surface area contributed by atoms with Crippen molar-refractivity contribution < 1.29 is 4.52 Å². The molecule has 7 nitrogen and oxygen atoms in total. The first-order valence-electron chi connectivity index (χ1n) is 9.67. The van der Waals surface area contributed by atoms with Crippen molar-refractivity contribution in [1.29, 1.82) is 0 Å². The first-order chi connectivity index (χ1) is 14.3. The molecule has 142 valence electrons. The summed E-state index contributed by atoms with van der Waals surface area (Å²) in [4.78, 5) is 4.71. The number of amidine groups is 1. The second kappa shape index (κ2) is 6.13.